The summed E-state index contributed by atoms with van der Waals surface area (Å²) in [5.41, 5.74) is 4.83. The van der Waals surface area contributed by atoms with Gasteiger partial charge in [-0.05, 0) is 69.7 Å². The number of carbonyl (C=O) groups excluding carboxylic acids is 1. The molecule has 0 atom stereocenters. The van der Waals surface area contributed by atoms with Gasteiger partial charge < -0.3 is 9.16 Å². The van der Waals surface area contributed by atoms with E-state index in [-0.39, 0.29) is 5.04 Å². The van der Waals surface area contributed by atoms with Crippen molar-refractivity contribution < 1.29 is 14.0 Å². The molecule has 0 fully saturated rings. The first-order valence-electron chi connectivity index (χ1n) is 16.1. The molecule has 5 aromatic rings. The van der Waals surface area contributed by atoms with E-state index in [4.69, 9.17) is 9.16 Å². The normalized spacial score (nSPS) is 13.1. The van der Waals surface area contributed by atoms with Gasteiger partial charge in [0.25, 0.3) is 0 Å². The van der Waals surface area contributed by atoms with Gasteiger partial charge in [0, 0.05) is 12.0 Å². The van der Waals surface area contributed by atoms with Crippen LogP contribution in [0.25, 0.3) is 5.57 Å². The maximum atomic E-state index is 13.9. The highest BCUT2D eigenvalue weighted by Gasteiger charge is 2.52. The maximum Gasteiger partial charge on any atom is 0.424 e. The van der Waals surface area contributed by atoms with Crippen LogP contribution < -0.4 is 19.7 Å². The van der Waals surface area contributed by atoms with Gasteiger partial charge in [0.2, 0.25) is 0 Å². The summed E-state index contributed by atoms with van der Waals surface area (Å²) < 4.78 is 13.8. The monoisotopic (exact) mass is 623 g/mol. The van der Waals surface area contributed by atoms with Crippen LogP contribution in [0, 0.1) is 0 Å². The molecule has 1 aliphatic rings. The first kappa shape index (κ1) is 31.1. The molecular weight excluding hydrogens is 583 g/mol. The molecule has 232 valence electrons. The average Bonchev–Trinajstić information content (AvgIpc) is 3.08. The minimum Gasteiger partial charge on any atom is -0.534 e. The molecule has 0 heterocycles. The smallest absolute Gasteiger partial charge is 0.424 e. The zero-order chi connectivity index (χ0) is 32.1. The molecule has 0 saturated heterocycles. The molecule has 46 heavy (non-hydrogen) atoms. The standard InChI is InChI=1S/C41H41NO3Si/c1-5-35-36-27-18-28-39(45-46(41(2,3)4,33-23-14-8-15-24-33)34-25-16-9-17-26-34)37(36)29-30-38(35)44-40(43)42(31-19-10-6-11-20-31)32-21-12-7-13-22-32/h6-28H,5,29-30H2,1-4H3. The van der Waals surface area contributed by atoms with Gasteiger partial charge in [0.15, 0.2) is 0 Å². The molecule has 0 saturated carbocycles. The number of hydrogen-bond acceptors (Lipinski definition) is 3. The lowest BCUT2D eigenvalue weighted by atomic mass is 9.87. The summed E-state index contributed by atoms with van der Waals surface area (Å²) in [6.45, 7) is 9.03. The highest BCUT2D eigenvalue weighted by atomic mass is 28.4. The second kappa shape index (κ2) is 13.2. The Balaban J connectivity index is 1.41. The molecule has 0 aliphatic heterocycles. The number of anilines is 2. The number of benzene rings is 5. The Morgan fingerprint density at radius 2 is 1.17 bits per heavy atom. The Bertz CT molecular complexity index is 1740. The maximum absolute atomic E-state index is 13.9. The molecule has 6 rings (SSSR count). The van der Waals surface area contributed by atoms with Gasteiger partial charge in [-0.2, -0.15) is 0 Å². The van der Waals surface area contributed by atoms with E-state index in [1.165, 1.54) is 15.9 Å². The van der Waals surface area contributed by atoms with Crippen LogP contribution in [-0.2, 0) is 11.2 Å². The zero-order valence-electron chi connectivity index (χ0n) is 27.1. The average molecular weight is 624 g/mol. The number of amides is 1. The number of nitrogens with zero attached hydrogens (tertiary/aromatic N) is 1. The zero-order valence-corrected chi connectivity index (χ0v) is 28.1. The summed E-state index contributed by atoms with van der Waals surface area (Å²) in [5.74, 6) is 1.64. The number of rotatable bonds is 8. The number of allylic oxidation sites excluding steroid dienone is 2. The van der Waals surface area contributed by atoms with Crippen LogP contribution in [0.5, 0.6) is 5.75 Å². The Hall–Kier alpha value is -4.87. The first-order valence-corrected chi connectivity index (χ1v) is 18.0. The number of hydrogen-bond donors (Lipinski definition) is 0. The third kappa shape index (κ3) is 5.91. The molecule has 5 aromatic carbocycles. The summed E-state index contributed by atoms with van der Waals surface area (Å²) in [7, 11) is -2.82. The Morgan fingerprint density at radius 3 is 1.65 bits per heavy atom. The van der Waals surface area contributed by atoms with Crippen LogP contribution in [0.3, 0.4) is 0 Å². The fourth-order valence-electron chi connectivity index (χ4n) is 6.72. The minimum absolute atomic E-state index is 0.157. The summed E-state index contributed by atoms with van der Waals surface area (Å²) in [6, 6.07) is 47.1. The van der Waals surface area contributed by atoms with Gasteiger partial charge in [-0.1, -0.05) is 137 Å². The van der Waals surface area contributed by atoms with Gasteiger partial charge in [0.05, 0.1) is 11.4 Å². The number of carbonyl (C=O) groups is 1. The Labute approximate surface area is 274 Å². The number of para-hydroxylation sites is 2. The third-order valence-electron chi connectivity index (χ3n) is 8.85. The third-order valence-corrected chi connectivity index (χ3v) is 13.8. The van der Waals surface area contributed by atoms with E-state index in [0.29, 0.717) is 12.8 Å². The summed E-state index contributed by atoms with van der Waals surface area (Å²) in [4.78, 5) is 15.6. The predicted molar refractivity (Wildman–Crippen MR) is 192 cm³/mol. The van der Waals surface area contributed by atoms with Crippen molar-refractivity contribution >= 4 is 41.7 Å². The number of fused-ring (bicyclic) bond motifs is 1. The summed E-state index contributed by atoms with van der Waals surface area (Å²) in [5, 5.41) is 2.32. The van der Waals surface area contributed by atoms with E-state index in [2.05, 4.69) is 107 Å². The van der Waals surface area contributed by atoms with E-state index in [0.717, 1.165) is 40.4 Å². The Morgan fingerprint density at radius 1 is 0.674 bits per heavy atom. The van der Waals surface area contributed by atoms with Crippen molar-refractivity contribution in [1.82, 2.24) is 0 Å². The molecule has 0 N–H and O–H groups in total. The van der Waals surface area contributed by atoms with Gasteiger partial charge in [0.1, 0.15) is 11.5 Å². The molecule has 0 bridgehead atoms. The van der Waals surface area contributed by atoms with Crippen LogP contribution in [0.4, 0.5) is 16.2 Å². The van der Waals surface area contributed by atoms with Crippen LogP contribution in [0.15, 0.2) is 145 Å². The van der Waals surface area contributed by atoms with E-state index >= 15 is 0 Å². The van der Waals surface area contributed by atoms with Crippen LogP contribution in [0.2, 0.25) is 5.04 Å². The lowest BCUT2D eigenvalue weighted by Crippen LogP contribution is -2.69. The molecule has 1 aliphatic carbocycles. The van der Waals surface area contributed by atoms with E-state index in [1.54, 1.807) is 4.90 Å². The van der Waals surface area contributed by atoms with Gasteiger partial charge in [-0.25, -0.2) is 9.69 Å². The molecule has 1 amide bonds. The molecule has 0 unspecified atom stereocenters. The molecule has 5 heteroatoms. The molecular formula is C41H41NO3Si. The first-order chi connectivity index (χ1) is 22.3. The predicted octanol–water partition coefficient (Wildman–Crippen LogP) is 9.67. The van der Waals surface area contributed by atoms with Crippen LogP contribution in [0.1, 0.15) is 51.7 Å². The second-order valence-electron chi connectivity index (χ2n) is 12.7. The molecule has 0 spiro atoms. The fourth-order valence-corrected chi connectivity index (χ4v) is 11.2. The van der Waals surface area contributed by atoms with Gasteiger partial charge in [-0.15, -0.1) is 0 Å². The molecule has 0 aromatic heterocycles. The van der Waals surface area contributed by atoms with Gasteiger partial charge in [-0.3, -0.25) is 0 Å². The Kier molecular flexibility index (Phi) is 8.96. The van der Waals surface area contributed by atoms with Gasteiger partial charge >= 0.3 is 14.4 Å². The SMILES string of the molecule is CCC1=C(OC(=O)N(c2ccccc2)c2ccccc2)CCc2c(O[Si](c3ccccc3)(c3ccccc3)C(C)(C)C)cccc21. The highest BCUT2D eigenvalue weighted by Crippen LogP contribution is 2.43. The van der Waals surface area contributed by atoms with Crippen molar-refractivity contribution in [2.45, 2.75) is 52.0 Å². The second-order valence-corrected chi connectivity index (χ2v) is 16.9. The van der Waals surface area contributed by atoms with E-state index in [1.807, 2.05) is 60.7 Å². The van der Waals surface area contributed by atoms with Crippen LogP contribution >= 0.6 is 0 Å². The van der Waals surface area contributed by atoms with Crippen molar-refractivity contribution in [1.29, 1.82) is 0 Å². The summed E-state index contributed by atoms with van der Waals surface area (Å²) >= 11 is 0. The van der Waals surface area contributed by atoms with Crippen molar-refractivity contribution in [3.8, 4) is 5.75 Å². The van der Waals surface area contributed by atoms with Crippen molar-refractivity contribution in [3.63, 3.8) is 0 Å². The van der Waals surface area contributed by atoms with E-state index < -0.39 is 14.4 Å². The van der Waals surface area contributed by atoms with Crippen molar-refractivity contribution in [2.24, 2.45) is 0 Å². The lowest BCUT2D eigenvalue weighted by molar-refractivity contribution is 0.183. The topological polar surface area (TPSA) is 38.8 Å². The number of ether oxygens (including phenoxy) is 1. The van der Waals surface area contributed by atoms with E-state index in [9.17, 15) is 4.79 Å². The quantitative estimate of drug-likeness (QED) is 0.162. The largest absolute Gasteiger partial charge is 0.534 e. The summed E-state index contributed by atoms with van der Waals surface area (Å²) in [6.07, 6.45) is 1.64. The molecule has 4 nitrogen and oxygen atoms in total. The highest BCUT2D eigenvalue weighted by molar-refractivity contribution is 7.00. The lowest BCUT2D eigenvalue weighted by Gasteiger charge is -2.43. The van der Waals surface area contributed by atoms with Crippen molar-refractivity contribution in [2.75, 3.05) is 4.90 Å². The molecule has 0 radical (unpaired) electrons. The fraction of sp³-hybridized carbons (Fsp3) is 0.195. The van der Waals surface area contributed by atoms with Crippen molar-refractivity contribution in [3.05, 3.63) is 156 Å². The van der Waals surface area contributed by atoms with Crippen LogP contribution in [-0.4, -0.2) is 14.4 Å². The minimum atomic E-state index is -2.82.